The van der Waals surface area contributed by atoms with E-state index in [9.17, 15) is 4.79 Å². The van der Waals surface area contributed by atoms with E-state index in [0.717, 1.165) is 5.69 Å². The number of furan rings is 1. The molecule has 0 aliphatic heterocycles. The third kappa shape index (κ3) is 2.60. The zero-order valence-corrected chi connectivity index (χ0v) is 10.6. The lowest BCUT2D eigenvalue weighted by molar-refractivity contribution is 0.0986. The maximum Gasteiger partial charge on any atom is 0.292 e. The Morgan fingerprint density at radius 3 is 2.94 bits per heavy atom. The van der Waals surface area contributed by atoms with Crippen LogP contribution in [0.1, 0.15) is 22.0 Å². The third-order valence-electron chi connectivity index (χ3n) is 2.42. The summed E-state index contributed by atoms with van der Waals surface area (Å²) in [6.45, 7) is 2.21. The Balaban J connectivity index is 2.09. The second-order valence-corrected chi connectivity index (χ2v) is 3.95. The van der Waals surface area contributed by atoms with Gasteiger partial charge in [0.25, 0.3) is 5.91 Å². The molecule has 2 heterocycles. The number of hydrogen-bond acceptors (Lipinski definition) is 4. The average molecular weight is 249 g/mol. The molecule has 1 amide bonds. The number of methoxy groups -OCH3 is 1. The Morgan fingerprint density at radius 2 is 2.33 bits per heavy atom. The molecule has 1 N–H and O–H groups in total. The quantitative estimate of drug-likeness (QED) is 0.895. The molecule has 0 atom stereocenters. The number of aromatic nitrogens is 2. The molecule has 0 aliphatic carbocycles. The first kappa shape index (κ1) is 12.4. The minimum atomic E-state index is -0.305. The van der Waals surface area contributed by atoms with Gasteiger partial charge in [-0.3, -0.25) is 9.48 Å². The lowest BCUT2D eigenvalue weighted by Crippen LogP contribution is -2.13. The van der Waals surface area contributed by atoms with Gasteiger partial charge in [0.2, 0.25) is 0 Å². The van der Waals surface area contributed by atoms with Crippen molar-refractivity contribution >= 4 is 11.7 Å². The minimum absolute atomic E-state index is 0.251. The molecule has 0 spiro atoms. The number of nitrogens with one attached hydrogen (secondary N) is 1. The molecule has 2 aromatic rings. The molecule has 6 heteroatoms. The van der Waals surface area contributed by atoms with Gasteiger partial charge in [-0.15, -0.1) is 0 Å². The zero-order chi connectivity index (χ0) is 13.1. The number of carbonyl (C=O) groups is 1. The molecule has 2 aromatic heterocycles. The molecule has 96 valence electrons. The smallest absolute Gasteiger partial charge is 0.292 e. The third-order valence-corrected chi connectivity index (χ3v) is 2.42. The summed E-state index contributed by atoms with van der Waals surface area (Å²) in [5, 5.41) is 6.87. The molecule has 0 aliphatic rings. The molecule has 0 radical (unpaired) electrons. The van der Waals surface area contributed by atoms with Crippen molar-refractivity contribution in [1.82, 2.24) is 9.78 Å². The van der Waals surface area contributed by atoms with Crippen molar-refractivity contribution in [1.29, 1.82) is 0 Å². The van der Waals surface area contributed by atoms with Gasteiger partial charge in [0.15, 0.2) is 5.76 Å². The molecule has 6 nitrogen and oxygen atoms in total. The number of rotatable bonds is 4. The van der Waals surface area contributed by atoms with E-state index in [2.05, 4.69) is 10.4 Å². The molecular weight excluding hydrogens is 234 g/mol. The topological polar surface area (TPSA) is 69.3 Å². The number of aryl methyl sites for hydroxylation is 2. The van der Waals surface area contributed by atoms with Gasteiger partial charge in [-0.25, -0.2) is 0 Å². The molecule has 0 fully saturated rings. The van der Waals surface area contributed by atoms with Crippen LogP contribution in [0.25, 0.3) is 0 Å². The Labute approximate surface area is 105 Å². The van der Waals surface area contributed by atoms with E-state index in [1.54, 1.807) is 37.0 Å². The van der Waals surface area contributed by atoms with Gasteiger partial charge in [0.05, 0.1) is 5.69 Å². The number of carbonyl (C=O) groups excluding carboxylic acids is 1. The average Bonchev–Trinajstić information content (AvgIpc) is 2.87. The maximum absolute atomic E-state index is 11.9. The molecule has 0 saturated carbocycles. The van der Waals surface area contributed by atoms with Crippen LogP contribution in [0.2, 0.25) is 0 Å². The van der Waals surface area contributed by atoms with Gasteiger partial charge in [-0.1, -0.05) is 0 Å². The predicted molar refractivity (Wildman–Crippen MR) is 65.3 cm³/mol. The van der Waals surface area contributed by atoms with Crippen LogP contribution in [0.3, 0.4) is 0 Å². The van der Waals surface area contributed by atoms with Crippen LogP contribution in [0.5, 0.6) is 0 Å². The van der Waals surface area contributed by atoms with Crippen molar-refractivity contribution in [2.24, 2.45) is 7.05 Å². The molecule has 0 unspecified atom stereocenters. The summed E-state index contributed by atoms with van der Waals surface area (Å²) in [5.74, 6) is 1.19. The van der Waals surface area contributed by atoms with Crippen molar-refractivity contribution in [3.05, 3.63) is 35.4 Å². The van der Waals surface area contributed by atoms with Crippen LogP contribution >= 0.6 is 0 Å². The molecule has 0 saturated heterocycles. The van der Waals surface area contributed by atoms with Gasteiger partial charge < -0.3 is 14.5 Å². The SMILES string of the molecule is COCc1ccc(C(=O)Nc2cc(C)nn2C)o1. The first-order valence-corrected chi connectivity index (χ1v) is 5.50. The first-order valence-electron chi connectivity index (χ1n) is 5.50. The highest BCUT2D eigenvalue weighted by atomic mass is 16.5. The fourth-order valence-electron chi connectivity index (χ4n) is 1.63. The normalized spacial score (nSPS) is 10.6. The maximum atomic E-state index is 11.9. The molecule has 0 aromatic carbocycles. The van der Waals surface area contributed by atoms with E-state index in [1.807, 2.05) is 6.92 Å². The van der Waals surface area contributed by atoms with E-state index in [4.69, 9.17) is 9.15 Å². The number of nitrogens with zero attached hydrogens (tertiary/aromatic N) is 2. The van der Waals surface area contributed by atoms with E-state index >= 15 is 0 Å². The van der Waals surface area contributed by atoms with Crippen LogP contribution in [0, 0.1) is 6.92 Å². The monoisotopic (exact) mass is 249 g/mol. The fraction of sp³-hybridized carbons (Fsp3) is 0.333. The minimum Gasteiger partial charge on any atom is -0.453 e. The summed E-state index contributed by atoms with van der Waals surface area (Å²) in [6.07, 6.45) is 0. The summed E-state index contributed by atoms with van der Waals surface area (Å²) in [6, 6.07) is 5.12. The Bertz CT molecular complexity index is 557. The summed E-state index contributed by atoms with van der Waals surface area (Å²) in [4.78, 5) is 11.9. The van der Waals surface area contributed by atoms with Gasteiger partial charge in [0, 0.05) is 20.2 Å². The molecule has 0 bridgehead atoms. The number of ether oxygens (including phenoxy) is 1. The Morgan fingerprint density at radius 1 is 1.56 bits per heavy atom. The lowest BCUT2D eigenvalue weighted by Gasteiger charge is -2.02. The van der Waals surface area contributed by atoms with Crippen molar-refractivity contribution in [2.75, 3.05) is 12.4 Å². The predicted octanol–water partition coefficient (Wildman–Crippen LogP) is 1.72. The molecular formula is C12H15N3O3. The van der Waals surface area contributed by atoms with Crippen molar-refractivity contribution in [3.8, 4) is 0 Å². The second-order valence-electron chi connectivity index (χ2n) is 3.95. The fourth-order valence-corrected chi connectivity index (χ4v) is 1.63. The van der Waals surface area contributed by atoms with Crippen LogP contribution < -0.4 is 5.32 Å². The summed E-state index contributed by atoms with van der Waals surface area (Å²) in [5.41, 5.74) is 0.840. The summed E-state index contributed by atoms with van der Waals surface area (Å²) < 4.78 is 11.9. The molecule has 18 heavy (non-hydrogen) atoms. The van der Waals surface area contributed by atoms with Crippen molar-refractivity contribution < 1.29 is 13.9 Å². The van der Waals surface area contributed by atoms with Crippen LogP contribution in [-0.4, -0.2) is 22.8 Å². The van der Waals surface area contributed by atoms with Gasteiger partial charge >= 0.3 is 0 Å². The van der Waals surface area contributed by atoms with E-state index < -0.39 is 0 Å². The highest BCUT2D eigenvalue weighted by Crippen LogP contribution is 2.13. The van der Waals surface area contributed by atoms with E-state index in [1.165, 1.54) is 0 Å². The van der Waals surface area contributed by atoms with Crippen molar-refractivity contribution in [2.45, 2.75) is 13.5 Å². The van der Waals surface area contributed by atoms with Crippen molar-refractivity contribution in [3.63, 3.8) is 0 Å². The van der Waals surface area contributed by atoms with E-state index in [0.29, 0.717) is 18.2 Å². The highest BCUT2D eigenvalue weighted by Gasteiger charge is 2.13. The summed E-state index contributed by atoms with van der Waals surface area (Å²) >= 11 is 0. The van der Waals surface area contributed by atoms with Gasteiger partial charge in [0.1, 0.15) is 18.2 Å². The highest BCUT2D eigenvalue weighted by molar-refractivity contribution is 6.01. The van der Waals surface area contributed by atoms with Gasteiger partial charge in [-0.2, -0.15) is 5.10 Å². The summed E-state index contributed by atoms with van der Waals surface area (Å²) in [7, 11) is 3.34. The number of amides is 1. The van der Waals surface area contributed by atoms with E-state index in [-0.39, 0.29) is 11.7 Å². The number of anilines is 1. The Kier molecular flexibility index (Phi) is 3.47. The van der Waals surface area contributed by atoms with Crippen LogP contribution in [-0.2, 0) is 18.4 Å². The number of hydrogen-bond donors (Lipinski definition) is 1. The zero-order valence-electron chi connectivity index (χ0n) is 10.6. The first-order chi connectivity index (χ1) is 8.60. The largest absolute Gasteiger partial charge is 0.453 e. The van der Waals surface area contributed by atoms with Crippen LogP contribution in [0.15, 0.2) is 22.6 Å². The molecule has 2 rings (SSSR count). The van der Waals surface area contributed by atoms with Gasteiger partial charge in [-0.05, 0) is 19.1 Å². The lowest BCUT2D eigenvalue weighted by atomic mass is 10.4. The second kappa shape index (κ2) is 5.05. The van der Waals surface area contributed by atoms with Crippen LogP contribution in [0.4, 0.5) is 5.82 Å². The standard InChI is InChI=1S/C12H15N3O3/c1-8-6-11(15(2)14-8)13-12(16)10-5-4-9(18-10)7-17-3/h4-6H,7H2,1-3H3,(H,13,16). The Hall–Kier alpha value is -2.08.